The van der Waals surface area contributed by atoms with E-state index in [9.17, 15) is 9.18 Å². The van der Waals surface area contributed by atoms with Crippen molar-refractivity contribution in [3.8, 4) is 0 Å². The lowest BCUT2D eigenvalue weighted by atomic mass is 9.75. The van der Waals surface area contributed by atoms with Gasteiger partial charge in [0.15, 0.2) is 11.5 Å². The summed E-state index contributed by atoms with van der Waals surface area (Å²) < 4.78 is 15.4. The molecule has 1 spiro atoms. The van der Waals surface area contributed by atoms with Crippen LogP contribution in [0, 0.1) is 0 Å². The summed E-state index contributed by atoms with van der Waals surface area (Å²) in [6.45, 7) is 4.14. The van der Waals surface area contributed by atoms with Crippen molar-refractivity contribution in [3.63, 3.8) is 0 Å². The fourth-order valence-electron chi connectivity index (χ4n) is 8.15. The molecule has 1 amide bonds. The fourth-order valence-corrected chi connectivity index (χ4v) is 8.29. The van der Waals surface area contributed by atoms with Gasteiger partial charge in [-0.2, -0.15) is 0 Å². The van der Waals surface area contributed by atoms with Crippen molar-refractivity contribution in [3.05, 3.63) is 23.0 Å². The molecule has 11 heteroatoms. The van der Waals surface area contributed by atoms with Crippen LogP contribution in [-0.4, -0.2) is 92.9 Å². The average molecular weight is 603 g/mol. The molecule has 232 valence electrons. The van der Waals surface area contributed by atoms with E-state index < -0.39 is 6.17 Å². The Labute approximate surface area is 254 Å². The number of amides is 1. The SMILES string of the molecule is Nc1nn2cc(Cl)cnc2c1C(=O)NC1CNC2(CCCCCCCCCC2)CC1N1CCC(N2CC[C@@H](F)C2)CC1. The normalized spacial score (nSPS) is 29.0. The molecule has 3 atom stereocenters. The van der Waals surface area contributed by atoms with Gasteiger partial charge >= 0.3 is 0 Å². The first kappa shape index (κ1) is 30.0. The van der Waals surface area contributed by atoms with Crippen LogP contribution in [0.4, 0.5) is 10.2 Å². The van der Waals surface area contributed by atoms with E-state index in [-0.39, 0.29) is 29.3 Å². The Morgan fingerprint density at radius 2 is 1.69 bits per heavy atom. The van der Waals surface area contributed by atoms with Crippen LogP contribution in [0.5, 0.6) is 0 Å². The molecule has 6 rings (SSSR count). The van der Waals surface area contributed by atoms with Gasteiger partial charge in [0.2, 0.25) is 0 Å². The number of piperidine rings is 2. The van der Waals surface area contributed by atoms with Gasteiger partial charge in [-0.3, -0.25) is 14.6 Å². The number of hydrogen-bond acceptors (Lipinski definition) is 7. The summed E-state index contributed by atoms with van der Waals surface area (Å²) in [6, 6.07) is 0.611. The number of nitrogens with zero attached hydrogens (tertiary/aromatic N) is 5. The van der Waals surface area contributed by atoms with Crippen LogP contribution >= 0.6 is 11.6 Å². The number of carbonyl (C=O) groups is 1. The van der Waals surface area contributed by atoms with Crippen molar-refractivity contribution in [1.29, 1.82) is 0 Å². The van der Waals surface area contributed by atoms with Gasteiger partial charge in [0.05, 0.1) is 17.3 Å². The average Bonchev–Trinajstić information content (AvgIpc) is 3.55. The highest BCUT2D eigenvalue weighted by atomic mass is 35.5. The van der Waals surface area contributed by atoms with E-state index in [2.05, 4.69) is 30.5 Å². The van der Waals surface area contributed by atoms with Crippen LogP contribution in [0.25, 0.3) is 5.65 Å². The van der Waals surface area contributed by atoms with Gasteiger partial charge in [-0.1, -0.05) is 63.0 Å². The molecule has 2 aromatic heterocycles. The first-order chi connectivity index (χ1) is 20.4. The summed E-state index contributed by atoms with van der Waals surface area (Å²) in [4.78, 5) is 23.1. The quantitative estimate of drug-likeness (QED) is 0.470. The molecule has 5 heterocycles. The van der Waals surface area contributed by atoms with Crippen LogP contribution in [0.15, 0.2) is 12.4 Å². The highest BCUT2D eigenvalue weighted by Crippen LogP contribution is 2.36. The lowest BCUT2D eigenvalue weighted by Gasteiger charge is -2.51. The molecule has 1 saturated carbocycles. The number of halogens is 2. The largest absolute Gasteiger partial charge is 0.381 e. The van der Waals surface area contributed by atoms with Gasteiger partial charge in [0.1, 0.15) is 11.7 Å². The van der Waals surface area contributed by atoms with Crippen LogP contribution in [-0.2, 0) is 0 Å². The topological polar surface area (TPSA) is 104 Å². The standard InChI is InChI=1S/C31H48ClFN8O/c32-22-18-35-29-27(28(34)38-41(29)20-22)30(42)37-25-19-36-31(12-7-5-3-1-2-4-6-8-13-31)17-26(25)39-15-10-24(11-16-39)40-14-9-23(33)21-40/h18,20,23-26,36H,1-17,19,21H2,(H2,34,38)(H,37,42)/t23-,25?,26?/m1/s1. The molecule has 9 nitrogen and oxygen atoms in total. The molecule has 3 saturated heterocycles. The van der Waals surface area contributed by atoms with Gasteiger partial charge < -0.3 is 16.4 Å². The summed E-state index contributed by atoms with van der Waals surface area (Å²) in [5.41, 5.74) is 7.03. The maximum Gasteiger partial charge on any atom is 0.259 e. The Balaban J connectivity index is 1.21. The summed E-state index contributed by atoms with van der Waals surface area (Å²) in [5, 5.41) is 12.1. The van der Waals surface area contributed by atoms with E-state index in [0.717, 1.165) is 45.4 Å². The molecule has 2 aromatic rings. The number of fused-ring (bicyclic) bond motifs is 1. The predicted molar refractivity (Wildman–Crippen MR) is 165 cm³/mol. The minimum Gasteiger partial charge on any atom is -0.381 e. The maximum atomic E-state index is 14.0. The molecule has 4 aliphatic rings. The highest BCUT2D eigenvalue weighted by molar-refractivity contribution is 6.30. The number of hydrogen-bond donors (Lipinski definition) is 3. The smallest absolute Gasteiger partial charge is 0.259 e. The Morgan fingerprint density at radius 3 is 2.36 bits per heavy atom. The number of likely N-dealkylation sites (tertiary alicyclic amines) is 2. The minimum atomic E-state index is -0.679. The third-order valence-electron chi connectivity index (χ3n) is 10.5. The summed E-state index contributed by atoms with van der Waals surface area (Å²) >= 11 is 6.10. The van der Waals surface area contributed by atoms with Gasteiger partial charge in [-0.25, -0.2) is 13.9 Å². The monoisotopic (exact) mass is 602 g/mol. The number of aromatic nitrogens is 3. The van der Waals surface area contributed by atoms with Crippen LogP contribution < -0.4 is 16.4 Å². The van der Waals surface area contributed by atoms with Crippen LogP contribution in [0.1, 0.15) is 100 Å². The van der Waals surface area contributed by atoms with Crippen LogP contribution in [0.3, 0.4) is 0 Å². The summed E-state index contributed by atoms with van der Waals surface area (Å²) in [6.07, 6.45) is 19.1. The number of nitrogens with two attached hydrogens (primary N) is 1. The molecule has 42 heavy (non-hydrogen) atoms. The van der Waals surface area contributed by atoms with E-state index in [1.807, 2.05) is 0 Å². The Kier molecular flexibility index (Phi) is 9.53. The zero-order valence-electron chi connectivity index (χ0n) is 24.9. The van der Waals surface area contributed by atoms with E-state index in [1.54, 1.807) is 6.20 Å². The Morgan fingerprint density at radius 1 is 1.02 bits per heavy atom. The molecule has 2 unspecified atom stereocenters. The molecule has 0 radical (unpaired) electrons. The lowest BCUT2D eigenvalue weighted by Crippen LogP contribution is -2.67. The highest BCUT2D eigenvalue weighted by Gasteiger charge is 2.44. The van der Waals surface area contributed by atoms with Gasteiger partial charge in [0.25, 0.3) is 5.91 Å². The molecule has 4 fully saturated rings. The fraction of sp³-hybridized carbons (Fsp3) is 0.774. The number of nitrogen functional groups attached to an aromatic ring is 1. The second-order valence-electron chi connectivity index (χ2n) is 13.3. The van der Waals surface area contributed by atoms with Crippen molar-refractivity contribution < 1.29 is 9.18 Å². The third-order valence-corrected chi connectivity index (χ3v) is 10.7. The molecule has 1 aliphatic carbocycles. The minimum absolute atomic E-state index is 0.0680. The van der Waals surface area contributed by atoms with Crippen molar-refractivity contribution in [2.75, 3.05) is 38.5 Å². The Hall–Kier alpha value is -2.01. The van der Waals surface area contributed by atoms with E-state index >= 15 is 0 Å². The molecular weight excluding hydrogens is 555 g/mol. The van der Waals surface area contributed by atoms with Gasteiger partial charge in [-0.05, 0) is 38.5 Å². The Bertz CT molecular complexity index is 1210. The summed E-state index contributed by atoms with van der Waals surface area (Å²) in [7, 11) is 0. The maximum absolute atomic E-state index is 14.0. The van der Waals surface area contributed by atoms with Crippen molar-refractivity contribution in [1.82, 2.24) is 35.0 Å². The van der Waals surface area contributed by atoms with Crippen molar-refractivity contribution >= 4 is 29.0 Å². The predicted octanol–water partition coefficient (Wildman–Crippen LogP) is 4.59. The zero-order chi connectivity index (χ0) is 29.1. The molecule has 0 bridgehead atoms. The van der Waals surface area contributed by atoms with Gasteiger partial charge in [-0.15, -0.1) is 5.10 Å². The number of carbonyl (C=O) groups excluding carboxylic acids is 1. The second kappa shape index (κ2) is 13.3. The third kappa shape index (κ3) is 6.71. The number of nitrogens with one attached hydrogen (secondary N) is 2. The molecular formula is C31H48ClFN8O. The van der Waals surface area contributed by atoms with Crippen molar-refractivity contribution in [2.45, 2.75) is 120 Å². The lowest BCUT2D eigenvalue weighted by molar-refractivity contribution is 0.0313. The van der Waals surface area contributed by atoms with E-state index in [0.29, 0.717) is 35.2 Å². The van der Waals surface area contributed by atoms with Crippen LogP contribution in [0.2, 0.25) is 5.02 Å². The first-order valence-electron chi connectivity index (χ1n) is 16.4. The van der Waals surface area contributed by atoms with Crippen molar-refractivity contribution in [2.24, 2.45) is 0 Å². The number of alkyl halides is 1. The molecule has 3 aliphatic heterocycles. The number of rotatable bonds is 4. The molecule has 4 N–H and O–H groups in total. The van der Waals surface area contributed by atoms with E-state index in [1.165, 1.54) is 74.9 Å². The zero-order valence-corrected chi connectivity index (χ0v) is 25.6. The first-order valence-corrected chi connectivity index (χ1v) is 16.8. The second-order valence-corrected chi connectivity index (χ2v) is 13.7. The number of anilines is 1. The summed E-state index contributed by atoms with van der Waals surface area (Å²) in [5.74, 6) is -0.0893. The van der Waals surface area contributed by atoms with Gasteiger partial charge in [0, 0.05) is 56.5 Å². The van der Waals surface area contributed by atoms with E-state index in [4.69, 9.17) is 17.3 Å². The molecule has 0 aromatic carbocycles.